The Morgan fingerprint density at radius 3 is 1.97 bits per heavy atom. The largest absolute Gasteiger partial charge is 0.0654 e. The van der Waals surface area contributed by atoms with Crippen molar-refractivity contribution in [3.63, 3.8) is 0 Å². The number of aryl methyl sites for hydroxylation is 1. The van der Waals surface area contributed by atoms with E-state index in [2.05, 4.69) is 38.1 Å². The number of benzene rings is 1. The van der Waals surface area contributed by atoms with E-state index in [0.717, 1.165) is 35.5 Å². The van der Waals surface area contributed by atoms with Crippen molar-refractivity contribution in [2.45, 2.75) is 122 Å². The fourth-order valence-electron chi connectivity index (χ4n) is 7.35. The van der Waals surface area contributed by atoms with Gasteiger partial charge >= 0.3 is 0 Å². The summed E-state index contributed by atoms with van der Waals surface area (Å²) < 4.78 is 0. The van der Waals surface area contributed by atoms with Crippen molar-refractivity contribution in [3.05, 3.63) is 35.4 Å². The lowest BCUT2D eigenvalue weighted by Gasteiger charge is -2.43. The van der Waals surface area contributed by atoms with Crippen LogP contribution >= 0.6 is 0 Å². The highest BCUT2D eigenvalue weighted by molar-refractivity contribution is 5.25. The van der Waals surface area contributed by atoms with Gasteiger partial charge in [0.2, 0.25) is 0 Å². The molecule has 4 unspecified atom stereocenters. The van der Waals surface area contributed by atoms with Crippen LogP contribution in [0.4, 0.5) is 0 Å². The molecule has 4 rings (SSSR count). The second-order valence-corrected chi connectivity index (χ2v) is 11.6. The molecule has 0 heteroatoms. The first-order valence-corrected chi connectivity index (χ1v) is 13.8. The maximum atomic E-state index is 2.41. The van der Waals surface area contributed by atoms with Crippen molar-refractivity contribution in [2.24, 2.45) is 29.6 Å². The van der Waals surface area contributed by atoms with E-state index in [1.54, 1.807) is 50.5 Å². The van der Waals surface area contributed by atoms with Crippen LogP contribution in [-0.4, -0.2) is 0 Å². The Balaban J connectivity index is 1.15. The molecular weight excluding hydrogens is 360 g/mol. The van der Waals surface area contributed by atoms with Crippen LogP contribution in [0.3, 0.4) is 0 Å². The topological polar surface area (TPSA) is 0 Å². The molecule has 3 aliphatic rings. The lowest BCUT2D eigenvalue weighted by atomic mass is 9.63. The first-order chi connectivity index (χ1) is 14.7. The molecule has 0 saturated heterocycles. The quantitative estimate of drug-likeness (QED) is 0.376. The Morgan fingerprint density at radius 2 is 1.23 bits per heavy atom. The Morgan fingerprint density at radius 1 is 0.633 bits per heavy atom. The number of hydrogen-bond acceptors (Lipinski definition) is 0. The zero-order chi connectivity index (χ0) is 20.8. The summed E-state index contributed by atoms with van der Waals surface area (Å²) in [5, 5.41) is 0. The Labute approximate surface area is 187 Å². The van der Waals surface area contributed by atoms with E-state index in [1.807, 2.05) is 0 Å². The Hall–Kier alpha value is -0.780. The second-order valence-electron chi connectivity index (χ2n) is 11.6. The van der Waals surface area contributed by atoms with Crippen LogP contribution in [0.1, 0.15) is 127 Å². The molecule has 30 heavy (non-hydrogen) atoms. The number of rotatable bonds is 8. The summed E-state index contributed by atoms with van der Waals surface area (Å²) in [6.07, 6.45) is 24.2. The monoisotopic (exact) mass is 408 g/mol. The summed E-state index contributed by atoms with van der Waals surface area (Å²) in [6, 6.07) is 9.45. The van der Waals surface area contributed by atoms with E-state index >= 15 is 0 Å². The van der Waals surface area contributed by atoms with Crippen LogP contribution in [0.5, 0.6) is 0 Å². The maximum absolute atomic E-state index is 2.41. The van der Waals surface area contributed by atoms with Crippen LogP contribution in [0.2, 0.25) is 0 Å². The van der Waals surface area contributed by atoms with Gasteiger partial charge in [-0.25, -0.2) is 0 Å². The van der Waals surface area contributed by atoms with Gasteiger partial charge < -0.3 is 0 Å². The van der Waals surface area contributed by atoms with Gasteiger partial charge in [0.05, 0.1) is 0 Å². The van der Waals surface area contributed by atoms with Crippen LogP contribution in [0.15, 0.2) is 24.3 Å². The average Bonchev–Trinajstić information content (AvgIpc) is 2.79. The minimum atomic E-state index is 0.843. The van der Waals surface area contributed by atoms with Crippen LogP contribution < -0.4 is 0 Å². The maximum Gasteiger partial charge on any atom is -0.0159 e. The van der Waals surface area contributed by atoms with Gasteiger partial charge in [-0.2, -0.15) is 0 Å². The van der Waals surface area contributed by atoms with Crippen LogP contribution in [0, 0.1) is 36.5 Å². The predicted molar refractivity (Wildman–Crippen MR) is 131 cm³/mol. The molecule has 0 radical (unpaired) electrons. The van der Waals surface area contributed by atoms with Crippen LogP contribution in [0.25, 0.3) is 0 Å². The van der Waals surface area contributed by atoms with Gasteiger partial charge in [-0.3, -0.25) is 0 Å². The average molecular weight is 409 g/mol. The summed E-state index contributed by atoms with van der Waals surface area (Å²) in [5.41, 5.74) is 3.02. The van der Waals surface area contributed by atoms with Gasteiger partial charge in [0.25, 0.3) is 0 Å². The van der Waals surface area contributed by atoms with E-state index in [0.29, 0.717) is 0 Å². The van der Waals surface area contributed by atoms with Crippen molar-refractivity contribution in [2.75, 3.05) is 0 Å². The van der Waals surface area contributed by atoms with Gasteiger partial charge in [0.1, 0.15) is 0 Å². The molecule has 1 aromatic rings. The molecule has 0 aliphatic heterocycles. The molecule has 0 aromatic heterocycles. The molecule has 3 aliphatic carbocycles. The molecule has 3 fully saturated rings. The molecular formula is C30H48. The highest BCUT2D eigenvalue weighted by atomic mass is 14.4. The van der Waals surface area contributed by atoms with Crippen molar-refractivity contribution >= 4 is 0 Å². The molecule has 0 heterocycles. The van der Waals surface area contributed by atoms with Crippen molar-refractivity contribution in [3.8, 4) is 0 Å². The SMILES string of the molecule is CCCCCC1CCC(CCC2CCC3CC(c4ccc(C)cc4)CCC3C2)CC1. The van der Waals surface area contributed by atoms with Crippen molar-refractivity contribution in [1.29, 1.82) is 0 Å². The van der Waals surface area contributed by atoms with E-state index < -0.39 is 0 Å². The first kappa shape index (κ1) is 22.4. The predicted octanol–water partition coefficient (Wildman–Crippen LogP) is 9.46. The third-order valence-corrected chi connectivity index (χ3v) is 9.44. The van der Waals surface area contributed by atoms with E-state index in [4.69, 9.17) is 0 Å². The molecule has 0 spiro atoms. The van der Waals surface area contributed by atoms with Gasteiger partial charge in [-0.15, -0.1) is 0 Å². The third-order valence-electron chi connectivity index (χ3n) is 9.44. The lowest BCUT2D eigenvalue weighted by molar-refractivity contribution is 0.108. The summed E-state index contributed by atoms with van der Waals surface area (Å²) >= 11 is 0. The Bertz CT molecular complexity index is 605. The number of hydrogen-bond donors (Lipinski definition) is 0. The molecule has 0 amide bonds. The normalized spacial score (nSPS) is 34.5. The van der Waals surface area contributed by atoms with Gasteiger partial charge in [-0.1, -0.05) is 107 Å². The molecule has 1 aromatic carbocycles. The lowest BCUT2D eigenvalue weighted by Crippen LogP contribution is -2.30. The van der Waals surface area contributed by atoms with E-state index in [1.165, 1.54) is 63.4 Å². The van der Waals surface area contributed by atoms with Crippen molar-refractivity contribution in [1.82, 2.24) is 0 Å². The van der Waals surface area contributed by atoms with E-state index in [9.17, 15) is 0 Å². The molecule has 4 atom stereocenters. The molecule has 0 bridgehead atoms. The first-order valence-electron chi connectivity index (χ1n) is 13.8. The third kappa shape index (κ3) is 6.14. The van der Waals surface area contributed by atoms with E-state index in [-0.39, 0.29) is 0 Å². The van der Waals surface area contributed by atoms with Gasteiger partial charge in [-0.05, 0) is 80.1 Å². The zero-order valence-corrected chi connectivity index (χ0v) is 20.1. The number of unbranched alkanes of at least 4 members (excludes halogenated alkanes) is 2. The fourth-order valence-corrected chi connectivity index (χ4v) is 7.35. The van der Waals surface area contributed by atoms with Gasteiger partial charge in [0, 0.05) is 0 Å². The highest BCUT2D eigenvalue weighted by Crippen LogP contribution is 2.48. The van der Waals surface area contributed by atoms with Gasteiger partial charge in [0.15, 0.2) is 0 Å². The number of fused-ring (bicyclic) bond motifs is 1. The molecule has 168 valence electrons. The Kier molecular flexibility index (Phi) is 8.36. The van der Waals surface area contributed by atoms with Crippen LogP contribution in [-0.2, 0) is 0 Å². The fraction of sp³-hybridized carbons (Fsp3) is 0.800. The minimum absolute atomic E-state index is 0.843. The smallest absolute Gasteiger partial charge is 0.0159 e. The molecule has 0 N–H and O–H groups in total. The standard InChI is InChI=1S/C30H48/c1-3-4-5-6-24-9-11-25(12-10-24)13-14-26-15-18-30-22-29(20-19-28(30)21-26)27-16-7-23(2)8-17-27/h7-8,16-17,24-26,28-30H,3-6,9-15,18-22H2,1-2H3. The summed E-state index contributed by atoms with van der Waals surface area (Å²) in [4.78, 5) is 0. The summed E-state index contributed by atoms with van der Waals surface area (Å²) in [5.74, 6) is 6.13. The molecule has 0 nitrogen and oxygen atoms in total. The second kappa shape index (κ2) is 11.2. The minimum Gasteiger partial charge on any atom is -0.0654 e. The summed E-state index contributed by atoms with van der Waals surface area (Å²) in [7, 11) is 0. The summed E-state index contributed by atoms with van der Waals surface area (Å²) in [6.45, 7) is 4.54. The highest BCUT2D eigenvalue weighted by Gasteiger charge is 2.36. The zero-order valence-electron chi connectivity index (χ0n) is 20.1. The molecule has 3 saturated carbocycles. The van der Waals surface area contributed by atoms with Crippen molar-refractivity contribution < 1.29 is 0 Å².